The van der Waals surface area contributed by atoms with Crippen LogP contribution in [-0.2, 0) is 63.5 Å². The summed E-state index contributed by atoms with van der Waals surface area (Å²) in [4.78, 5) is 69.1. The molecule has 1 aliphatic rings. The third-order valence-corrected chi connectivity index (χ3v) is 13.7. The second-order valence-electron chi connectivity index (χ2n) is 19.7. The third-order valence-electron chi connectivity index (χ3n) is 13.7. The molecule has 0 aliphatic carbocycles. The number of hydrogen-bond donors (Lipinski definition) is 0. The molecule has 2 aromatic rings. The molecule has 0 spiro atoms. The zero-order valence-corrected chi connectivity index (χ0v) is 46.5. The van der Waals surface area contributed by atoms with Crippen molar-refractivity contribution in [3.05, 3.63) is 103 Å². The minimum absolute atomic E-state index is 0.0112. The predicted molar refractivity (Wildman–Crippen MR) is 297 cm³/mol. The molecular weight excluding hydrogens is 971 g/mol. The van der Waals surface area contributed by atoms with Gasteiger partial charge in [-0.2, -0.15) is 0 Å². The summed E-state index contributed by atoms with van der Waals surface area (Å²) in [6, 6.07) is 16.7. The number of ether oxygens (including phenoxy) is 8. The van der Waals surface area contributed by atoms with Crippen LogP contribution in [0.3, 0.4) is 0 Å². The number of nitrogens with zero attached hydrogens (tertiary/aromatic N) is 3. The van der Waals surface area contributed by atoms with Gasteiger partial charge in [0.05, 0.1) is 70.2 Å². The Morgan fingerprint density at radius 1 is 0.579 bits per heavy atom. The predicted octanol–water partition coefficient (Wildman–Crippen LogP) is 8.72. The normalized spacial score (nSPS) is 13.7. The molecule has 1 saturated heterocycles. The summed E-state index contributed by atoms with van der Waals surface area (Å²) >= 11 is 0. The highest BCUT2D eigenvalue weighted by Crippen LogP contribution is 2.31. The van der Waals surface area contributed by atoms with Crippen LogP contribution >= 0.6 is 0 Å². The Balaban J connectivity index is 1.51. The molecule has 0 radical (unpaired) electrons. The van der Waals surface area contributed by atoms with Crippen LogP contribution in [0.25, 0.3) is 0 Å². The molecule has 0 bridgehead atoms. The smallest absolute Gasteiger partial charge is 0.330 e. The van der Waals surface area contributed by atoms with Crippen molar-refractivity contribution in [2.24, 2.45) is 5.41 Å². The Morgan fingerprint density at radius 3 is 1.47 bits per heavy atom. The van der Waals surface area contributed by atoms with Crippen LogP contribution in [0.1, 0.15) is 112 Å². The maximum Gasteiger partial charge on any atom is 0.330 e. The van der Waals surface area contributed by atoms with Gasteiger partial charge in [0.25, 0.3) is 0 Å². The largest absolute Gasteiger partial charge is 0.463 e. The van der Waals surface area contributed by atoms with Crippen LogP contribution in [0.5, 0.6) is 0 Å². The third kappa shape index (κ3) is 25.3. The van der Waals surface area contributed by atoms with E-state index in [0.29, 0.717) is 19.4 Å². The number of esters is 4. The minimum atomic E-state index is -0.926. The molecule has 76 heavy (non-hydrogen) atoms. The summed E-state index contributed by atoms with van der Waals surface area (Å²) < 4.78 is 44.2. The van der Waals surface area contributed by atoms with Gasteiger partial charge in [-0.05, 0) is 69.6 Å². The second-order valence-corrected chi connectivity index (χ2v) is 19.7. The molecule has 0 saturated carbocycles. The highest BCUT2D eigenvalue weighted by atomic mass is 16.6. The lowest BCUT2D eigenvalue weighted by molar-refractivity contribution is -0.149. The summed E-state index contributed by atoms with van der Waals surface area (Å²) in [5, 5.41) is 0. The van der Waals surface area contributed by atoms with Gasteiger partial charge in [-0.1, -0.05) is 121 Å². The van der Waals surface area contributed by atoms with Gasteiger partial charge >= 0.3 is 23.9 Å². The van der Waals surface area contributed by atoms with Crippen molar-refractivity contribution >= 4 is 35.3 Å². The lowest BCUT2D eigenvalue weighted by Gasteiger charge is -2.41. The van der Waals surface area contributed by atoms with Crippen molar-refractivity contribution in [1.29, 1.82) is 0 Å². The van der Waals surface area contributed by atoms with Gasteiger partial charge in [0.15, 0.2) is 5.78 Å². The monoisotopic (exact) mass is 1060 g/mol. The van der Waals surface area contributed by atoms with E-state index in [0.717, 1.165) is 68.6 Å². The molecule has 3 rings (SSSR count). The number of carbonyl (C=O) groups is 5. The summed E-state index contributed by atoms with van der Waals surface area (Å²) in [7, 11) is 2.14. The van der Waals surface area contributed by atoms with E-state index in [9.17, 15) is 24.0 Å². The lowest BCUT2D eigenvalue weighted by Crippen LogP contribution is -2.54. The zero-order chi connectivity index (χ0) is 55.3. The summed E-state index contributed by atoms with van der Waals surface area (Å²) in [6.45, 7) is 21.6. The van der Waals surface area contributed by atoms with Crippen LogP contribution < -0.4 is 4.90 Å². The van der Waals surface area contributed by atoms with E-state index < -0.39 is 28.9 Å². The Bertz CT molecular complexity index is 1930. The Morgan fingerprint density at radius 2 is 1.03 bits per heavy atom. The van der Waals surface area contributed by atoms with Crippen molar-refractivity contribution in [1.82, 2.24) is 9.80 Å². The van der Waals surface area contributed by atoms with Crippen molar-refractivity contribution < 1.29 is 61.9 Å². The first-order valence-corrected chi connectivity index (χ1v) is 27.6. The molecule has 0 amide bonds. The summed E-state index contributed by atoms with van der Waals surface area (Å²) in [6.07, 6.45) is 17.5. The van der Waals surface area contributed by atoms with E-state index >= 15 is 0 Å². The number of piperazine rings is 1. The van der Waals surface area contributed by atoms with Gasteiger partial charge in [0.2, 0.25) is 0 Å². The van der Waals surface area contributed by atoms with E-state index in [4.69, 9.17) is 37.9 Å². The molecule has 1 fully saturated rings. The number of likely N-dealkylation sites (N-methyl/N-ethyl adjacent to an activating group) is 1. The fourth-order valence-electron chi connectivity index (χ4n) is 9.08. The quantitative estimate of drug-likeness (QED) is 0.0203. The Hall–Kier alpha value is -5.23. The molecule has 1 heterocycles. The first-order valence-electron chi connectivity index (χ1n) is 27.6. The fraction of sp³-hybridized carbons (Fsp3) is 0.617. The Labute approximate surface area is 454 Å². The standard InChI is InChI=1S/C60H91N3O13/c1-8-13-14-15-16-17-18-19-20-21-31-61(7)60(12-5,45-51-24-22-50(6)23-25-51)58(68)52-26-28-53(29-27-52)63-35-33-62(34-36-63)32-30-57(67)76-44-40-72-49-59(46-69-37-41-73-54(64)9-2,47-70-38-42-74-55(65)10-3)48-71-39-43-75-56(66)11-4/h9-11,22-29H,2-4,8,12-21,30-49H2,1,5-7H3. The van der Waals surface area contributed by atoms with Crippen LogP contribution in [0.2, 0.25) is 0 Å². The SMILES string of the molecule is C=CC(=O)OCCOCC(COCCOC(=O)C=C)(COCCOC(=O)C=C)COCCOC(=O)CCN1CCN(c2ccc(C(=O)C(CC)(Cc3ccc(C)cc3)N(C)CCCCCCCCCCCC)cc2)CC1. The van der Waals surface area contributed by atoms with Crippen LogP contribution in [0, 0.1) is 12.3 Å². The van der Waals surface area contributed by atoms with E-state index in [-0.39, 0.29) is 97.5 Å². The zero-order valence-electron chi connectivity index (χ0n) is 46.5. The molecule has 0 N–H and O–H groups in total. The Kier molecular flexibility index (Phi) is 32.8. The average Bonchev–Trinajstić information content (AvgIpc) is 3.44. The fourth-order valence-corrected chi connectivity index (χ4v) is 9.08. The van der Waals surface area contributed by atoms with Gasteiger partial charge in [0, 0.05) is 62.2 Å². The van der Waals surface area contributed by atoms with E-state index in [1.54, 1.807) is 0 Å². The number of carbonyl (C=O) groups excluding carboxylic acids is 5. The number of hydrogen-bond acceptors (Lipinski definition) is 16. The topological polar surface area (TPSA) is 169 Å². The van der Waals surface area contributed by atoms with Crippen molar-refractivity contribution in [2.45, 2.75) is 110 Å². The number of ketones is 1. The number of anilines is 1. The molecule has 1 unspecified atom stereocenters. The molecule has 424 valence electrons. The lowest BCUT2D eigenvalue weighted by atomic mass is 9.79. The molecule has 2 aromatic carbocycles. The van der Waals surface area contributed by atoms with E-state index in [1.807, 2.05) is 12.1 Å². The molecule has 1 atom stereocenters. The maximum atomic E-state index is 14.8. The maximum absolute atomic E-state index is 14.8. The number of rotatable bonds is 44. The second kappa shape index (κ2) is 38.3. The van der Waals surface area contributed by atoms with Gasteiger partial charge in [-0.25, -0.2) is 14.4 Å². The number of benzene rings is 2. The van der Waals surface area contributed by atoms with Crippen molar-refractivity contribution in [3.8, 4) is 0 Å². The number of aryl methyl sites for hydroxylation is 1. The van der Waals surface area contributed by atoms with Crippen LogP contribution in [0.4, 0.5) is 5.69 Å². The van der Waals surface area contributed by atoms with Crippen molar-refractivity contribution in [2.75, 3.05) is 130 Å². The molecule has 16 nitrogen and oxygen atoms in total. The molecule has 0 aromatic heterocycles. The molecule has 16 heteroatoms. The van der Waals surface area contributed by atoms with E-state index in [2.05, 4.69) is 98.7 Å². The van der Waals surface area contributed by atoms with Crippen molar-refractivity contribution in [3.63, 3.8) is 0 Å². The minimum Gasteiger partial charge on any atom is -0.463 e. The highest BCUT2D eigenvalue weighted by molar-refractivity contribution is 6.03. The highest BCUT2D eigenvalue weighted by Gasteiger charge is 2.41. The van der Waals surface area contributed by atoms with Crippen LogP contribution in [-0.4, -0.2) is 171 Å². The molecule has 1 aliphatic heterocycles. The average molecular weight is 1060 g/mol. The first-order chi connectivity index (χ1) is 36.8. The van der Waals surface area contributed by atoms with Gasteiger partial charge in [-0.15, -0.1) is 0 Å². The number of unbranched alkanes of at least 4 members (excludes halogenated alkanes) is 9. The van der Waals surface area contributed by atoms with E-state index in [1.165, 1.54) is 68.9 Å². The van der Waals surface area contributed by atoms with Crippen LogP contribution in [0.15, 0.2) is 86.5 Å². The molecular formula is C60H91N3O13. The first kappa shape index (κ1) is 65.1. The van der Waals surface area contributed by atoms with Gasteiger partial charge in [0.1, 0.15) is 26.4 Å². The number of Topliss-reactive ketones (excluding diaryl/α,β-unsaturated/α-hetero) is 1. The summed E-state index contributed by atoms with van der Waals surface area (Å²) in [5.41, 5.74) is 2.59. The van der Waals surface area contributed by atoms with Gasteiger partial charge < -0.3 is 42.8 Å². The summed E-state index contributed by atoms with van der Waals surface area (Å²) in [5.74, 6) is -1.93. The van der Waals surface area contributed by atoms with Gasteiger partial charge in [-0.3, -0.25) is 19.4 Å².